The molecule has 0 unspecified atom stereocenters. The van der Waals surface area contributed by atoms with Crippen molar-refractivity contribution in [1.29, 1.82) is 0 Å². The molecular weight excluding hydrogens is 240 g/mol. The van der Waals surface area contributed by atoms with E-state index in [9.17, 15) is 10.1 Å². The highest BCUT2D eigenvalue weighted by molar-refractivity contribution is 5.82. The van der Waals surface area contributed by atoms with Gasteiger partial charge in [0.15, 0.2) is 0 Å². The van der Waals surface area contributed by atoms with Gasteiger partial charge >= 0.3 is 0 Å². The van der Waals surface area contributed by atoms with Crippen molar-refractivity contribution < 1.29 is 4.92 Å². The van der Waals surface area contributed by atoms with E-state index in [-0.39, 0.29) is 5.69 Å². The number of aryl methyl sites for hydroxylation is 2. The minimum absolute atomic E-state index is 0.0896. The van der Waals surface area contributed by atoms with Crippen molar-refractivity contribution in [2.75, 3.05) is 0 Å². The van der Waals surface area contributed by atoms with Gasteiger partial charge in [-0.1, -0.05) is 29.8 Å². The van der Waals surface area contributed by atoms with Gasteiger partial charge < -0.3 is 0 Å². The van der Waals surface area contributed by atoms with Gasteiger partial charge in [0.2, 0.25) is 0 Å². The standard InChI is InChI=1S/C15H14N2O2/c1-11-3-5-13(6-4-11)10-16-15-8-7-14(17(18)19)9-12(15)2/h3-10H,1-2H3. The van der Waals surface area contributed by atoms with E-state index in [1.54, 1.807) is 12.3 Å². The lowest BCUT2D eigenvalue weighted by Gasteiger charge is -2.00. The van der Waals surface area contributed by atoms with Crippen LogP contribution in [-0.2, 0) is 0 Å². The maximum Gasteiger partial charge on any atom is 0.269 e. The van der Waals surface area contributed by atoms with Crippen LogP contribution in [0.2, 0.25) is 0 Å². The maximum atomic E-state index is 10.6. The summed E-state index contributed by atoms with van der Waals surface area (Å²) in [6.07, 6.45) is 1.76. The van der Waals surface area contributed by atoms with Crippen LogP contribution in [0.25, 0.3) is 0 Å². The second-order valence-corrected chi connectivity index (χ2v) is 4.40. The minimum Gasteiger partial charge on any atom is -0.258 e. The zero-order valence-corrected chi connectivity index (χ0v) is 10.8. The maximum absolute atomic E-state index is 10.6. The predicted molar refractivity (Wildman–Crippen MR) is 76.3 cm³/mol. The molecular formula is C15H14N2O2. The van der Waals surface area contributed by atoms with E-state index in [0.29, 0.717) is 0 Å². The summed E-state index contributed by atoms with van der Waals surface area (Å²) in [5.74, 6) is 0. The van der Waals surface area contributed by atoms with Gasteiger partial charge in [-0.25, -0.2) is 0 Å². The summed E-state index contributed by atoms with van der Waals surface area (Å²) in [7, 11) is 0. The van der Waals surface area contributed by atoms with Gasteiger partial charge in [0.1, 0.15) is 0 Å². The fourth-order valence-corrected chi connectivity index (χ4v) is 1.69. The molecule has 0 saturated carbocycles. The monoisotopic (exact) mass is 254 g/mol. The van der Waals surface area contributed by atoms with E-state index in [0.717, 1.165) is 16.8 Å². The largest absolute Gasteiger partial charge is 0.269 e. The highest BCUT2D eigenvalue weighted by Crippen LogP contribution is 2.23. The molecule has 96 valence electrons. The number of hydrogen-bond donors (Lipinski definition) is 0. The SMILES string of the molecule is Cc1ccc(C=Nc2ccc([N+](=O)[O-])cc2C)cc1. The van der Waals surface area contributed by atoms with Crippen molar-refractivity contribution in [3.8, 4) is 0 Å². The first-order chi connectivity index (χ1) is 9.06. The average molecular weight is 254 g/mol. The Labute approximate surface area is 111 Å². The van der Waals surface area contributed by atoms with Crippen molar-refractivity contribution in [2.45, 2.75) is 13.8 Å². The molecule has 0 aliphatic carbocycles. The van der Waals surface area contributed by atoms with Crippen LogP contribution in [0.4, 0.5) is 11.4 Å². The van der Waals surface area contributed by atoms with Crippen molar-refractivity contribution in [3.05, 3.63) is 69.3 Å². The van der Waals surface area contributed by atoms with Crippen molar-refractivity contribution in [1.82, 2.24) is 0 Å². The lowest BCUT2D eigenvalue weighted by molar-refractivity contribution is -0.384. The van der Waals surface area contributed by atoms with Gasteiger partial charge in [0.05, 0.1) is 10.6 Å². The molecule has 0 bridgehead atoms. The van der Waals surface area contributed by atoms with E-state index in [2.05, 4.69) is 4.99 Å². The van der Waals surface area contributed by atoms with Gasteiger partial charge in [-0.2, -0.15) is 0 Å². The molecule has 0 amide bonds. The van der Waals surface area contributed by atoms with E-state index >= 15 is 0 Å². The molecule has 0 spiro atoms. The minimum atomic E-state index is -0.402. The summed E-state index contributed by atoms with van der Waals surface area (Å²) in [6, 6.07) is 12.7. The third kappa shape index (κ3) is 3.25. The first-order valence-corrected chi connectivity index (χ1v) is 5.92. The fraction of sp³-hybridized carbons (Fsp3) is 0.133. The summed E-state index contributed by atoms with van der Waals surface area (Å²) in [6.45, 7) is 3.84. The highest BCUT2D eigenvalue weighted by atomic mass is 16.6. The molecule has 0 N–H and O–H groups in total. The third-order valence-electron chi connectivity index (χ3n) is 2.82. The quantitative estimate of drug-likeness (QED) is 0.473. The number of nitrogens with zero attached hydrogens (tertiary/aromatic N) is 2. The Morgan fingerprint density at radius 3 is 2.37 bits per heavy atom. The van der Waals surface area contributed by atoms with Crippen molar-refractivity contribution in [3.63, 3.8) is 0 Å². The Balaban J connectivity index is 2.23. The molecule has 0 radical (unpaired) electrons. The molecule has 0 heterocycles. The van der Waals surface area contributed by atoms with Gasteiger partial charge in [-0.3, -0.25) is 15.1 Å². The number of aliphatic imine (C=N–C) groups is 1. The van der Waals surface area contributed by atoms with Crippen LogP contribution in [0.5, 0.6) is 0 Å². The summed E-state index contributed by atoms with van der Waals surface area (Å²) in [4.78, 5) is 14.6. The third-order valence-corrected chi connectivity index (χ3v) is 2.82. The number of non-ortho nitro benzene ring substituents is 1. The molecule has 2 rings (SSSR count). The van der Waals surface area contributed by atoms with E-state index in [1.807, 2.05) is 38.1 Å². The first-order valence-electron chi connectivity index (χ1n) is 5.92. The van der Waals surface area contributed by atoms with Crippen LogP contribution in [0.1, 0.15) is 16.7 Å². The van der Waals surface area contributed by atoms with Crippen molar-refractivity contribution >= 4 is 17.6 Å². The van der Waals surface area contributed by atoms with Gasteiger partial charge in [0, 0.05) is 18.3 Å². The zero-order chi connectivity index (χ0) is 13.8. The van der Waals surface area contributed by atoms with Crippen LogP contribution in [0.3, 0.4) is 0 Å². The van der Waals surface area contributed by atoms with E-state index in [4.69, 9.17) is 0 Å². The molecule has 4 heteroatoms. The van der Waals surface area contributed by atoms with E-state index in [1.165, 1.54) is 17.7 Å². The summed E-state index contributed by atoms with van der Waals surface area (Å²) >= 11 is 0. The topological polar surface area (TPSA) is 55.5 Å². The lowest BCUT2D eigenvalue weighted by atomic mass is 10.1. The molecule has 2 aromatic carbocycles. The lowest BCUT2D eigenvalue weighted by Crippen LogP contribution is -1.88. The highest BCUT2D eigenvalue weighted by Gasteiger charge is 2.06. The van der Waals surface area contributed by atoms with Crippen molar-refractivity contribution in [2.24, 2.45) is 4.99 Å². The van der Waals surface area contributed by atoms with Crippen LogP contribution < -0.4 is 0 Å². The van der Waals surface area contributed by atoms with Crippen LogP contribution >= 0.6 is 0 Å². The Hall–Kier alpha value is -2.49. The molecule has 0 aliphatic heterocycles. The second kappa shape index (κ2) is 5.44. The average Bonchev–Trinajstić information content (AvgIpc) is 2.39. The van der Waals surface area contributed by atoms with Crippen LogP contribution in [0.15, 0.2) is 47.5 Å². The molecule has 0 fully saturated rings. The molecule has 0 aliphatic rings. The Kier molecular flexibility index (Phi) is 3.71. The summed E-state index contributed by atoms with van der Waals surface area (Å²) in [5.41, 5.74) is 3.82. The Morgan fingerprint density at radius 2 is 1.79 bits per heavy atom. The molecule has 2 aromatic rings. The second-order valence-electron chi connectivity index (χ2n) is 4.40. The van der Waals surface area contributed by atoms with Gasteiger partial charge in [-0.05, 0) is 31.0 Å². The van der Waals surface area contributed by atoms with Crippen LogP contribution in [0, 0.1) is 24.0 Å². The molecule has 19 heavy (non-hydrogen) atoms. The Bertz CT molecular complexity index is 631. The normalized spacial score (nSPS) is 10.8. The van der Waals surface area contributed by atoms with E-state index < -0.39 is 4.92 Å². The first kappa shape index (κ1) is 13.0. The number of hydrogen-bond acceptors (Lipinski definition) is 3. The smallest absolute Gasteiger partial charge is 0.258 e. The van der Waals surface area contributed by atoms with Crippen LogP contribution in [-0.4, -0.2) is 11.1 Å². The molecule has 0 saturated heterocycles. The number of benzene rings is 2. The Morgan fingerprint density at radius 1 is 1.11 bits per heavy atom. The van der Waals surface area contributed by atoms with Gasteiger partial charge in [-0.15, -0.1) is 0 Å². The fourth-order valence-electron chi connectivity index (χ4n) is 1.69. The predicted octanol–water partition coefficient (Wildman–Crippen LogP) is 3.96. The molecule has 0 aromatic heterocycles. The summed E-state index contributed by atoms with van der Waals surface area (Å²) < 4.78 is 0. The van der Waals surface area contributed by atoms with Gasteiger partial charge in [0.25, 0.3) is 5.69 Å². The zero-order valence-electron chi connectivity index (χ0n) is 10.8. The molecule has 0 atom stereocenters. The molecule has 4 nitrogen and oxygen atoms in total. The summed E-state index contributed by atoms with van der Waals surface area (Å²) in [5, 5.41) is 10.6. The number of rotatable bonds is 3. The number of nitro groups is 1. The number of nitro benzene ring substituents is 1.